The molecule has 3 aliphatic rings. The first-order valence-electron chi connectivity index (χ1n) is 11.5. The largest absolute Gasteiger partial charge is 0.417 e. The van der Waals surface area contributed by atoms with E-state index in [2.05, 4.69) is 0 Å². The van der Waals surface area contributed by atoms with Gasteiger partial charge in [-0.1, -0.05) is 6.92 Å². The Morgan fingerprint density at radius 1 is 1.25 bits per heavy atom. The Kier molecular flexibility index (Phi) is 6.39. The molecule has 1 saturated carbocycles. The predicted molar refractivity (Wildman–Crippen MR) is 114 cm³/mol. The number of ether oxygens (including phenoxy) is 1. The van der Waals surface area contributed by atoms with Crippen molar-refractivity contribution in [3.63, 3.8) is 0 Å². The molecule has 5 nitrogen and oxygen atoms in total. The number of carbonyl (C=O) groups is 1. The van der Waals surface area contributed by atoms with Crippen LogP contribution in [-0.2, 0) is 15.7 Å². The average Bonchev–Trinajstić information content (AvgIpc) is 3.54. The summed E-state index contributed by atoms with van der Waals surface area (Å²) in [5, 5.41) is 9.04. The SMILES string of the molecule is CCC(=O)N1CC(COCC2CC2)C2(CCN(c3ccc(C#N)c(C(F)(F)F)c3)CC2)C1. The monoisotopic (exact) mass is 449 g/mol. The van der Waals surface area contributed by atoms with Gasteiger partial charge in [0.2, 0.25) is 5.91 Å². The number of hydrogen-bond donors (Lipinski definition) is 0. The second-order valence-electron chi connectivity index (χ2n) is 9.49. The normalized spacial score (nSPS) is 22.9. The fraction of sp³-hybridized carbons (Fsp3) is 0.667. The number of rotatable bonds is 6. The smallest absolute Gasteiger partial charge is 0.381 e. The molecule has 0 aromatic heterocycles. The summed E-state index contributed by atoms with van der Waals surface area (Å²) in [6, 6.07) is 5.59. The van der Waals surface area contributed by atoms with Crippen molar-refractivity contribution in [2.45, 2.75) is 45.2 Å². The van der Waals surface area contributed by atoms with Crippen molar-refractivity contribution in [3.8, 4) is 6.07 Å². The maximum atomic E-state index is 13.4. The molecular formula is C24H30F3N3O2. The van der Waals surface area contributed by atoms with Gasteiger partial charge in [-0.05, 0) is 55.2 Å². The van der Waals surface area contributed by atoms with Crippen LogP contribution in [0.2, 0.25) is 0 Å². The van der Waals surface area contributed by atoms with Crippen LogP contribution in [0, 0.1) is 28.6 Å². The van der Waals surface area contributed by atoms with Crippen molar-refractivity contribution in [2.75, 3.05) is 44.3 Å². The number of halogens is 3. The van der Waals surface area contributed by atoms with Crippen LogP contribution < -0.4 is 4.90 Å². The van der Waals surface area contributed by atoms with E-state index < -0.39 is 11.7 Å². The number of alkyl halides is 3. The van der Waals surface area contributed by atoms with Crippen molar-refractivity contribution in [3.05, 3.63) is 29.3 Å². The number of nitriles is 1. The van der Waals surface area contributed by atoms with Crippen molar-refractivity contribution in [1.29, 1.82) is 5.26 Å². The zero-order chi connectivity index (χ0) is 22.9. The fourth-order valence-corrected chi connectivity index (χ4v) is 5.18. The van der Waals surface area contributed by atoms with Crippen LogP contribution in [0.3, 0.4) is 0 Å². The Hall–Kier alpha value is -2.27. The molecule has 0 radical (unpaired) electrons. The van der Waals surface area contributed by atoms with Gasteiger partial charge in [-0.2, -0.15) is 18.4 Å². The van der Waals surface area contributed by atoms with Crippen LogP contribution in [0.5, 0.6) is 0 Å². The highest BCUT2D eigenvalue weighted by molar-refractivity contribution is 5.76. The Morgan fingerprint density at radius 2 is 1.97 bits per heavy atom. The summed E-state index contributed by atoms with van der Waals surface area (Å²) >= 11 is 0. The van der Waals surface area contributed by atoms with Gasteiger partial charge in [0.05, 0.1) is 23.8 Å². The van der Waals surface area contributed by atoms with Crippen LogP contribution in [0.4, 0.5) is 18.9 Å². The molecule has 1 spiro atoms. The Bertz CT molecular complexity index is 883. The van der Waals surface area contributed by atoms with E-state index in [1.54, 1.807) is 12.1 Å². The number of benzene rings is 1. The van der Waals surface area contributed by atoms with Crippen molar-refractivity contribution in [2.24, 2.45) is 17.3 Å². The molecule has 2 aliphatic heterocycles. The van der Waals surface area contributed by atoms with Gasteiger partial charge >= 0.3 is 6.18 Å². The molecule has 2 saturated heterocycles. The number of hydrogen-bond acceptors (Lipinski definition) is 4. The molecule has 1 atom stereocenters. The molecule has 1 unspecified atom stereocenters. The van der Waals surface area contributed by atoms with Crippen molar-refractivity contribution < 1.29 is 22.7 Å². The van der Waals surface area contributed by atoms with Crippen LogP contribution in [0.15, 0.2) is 18.2 Å². The van der Waals surface area contributed by atoms with Crippen molar-refractivity contribution in [1.82, 2.24) is 4.90 Å². The van der Waals surface area contributed by atoms with Crippen LogP contribution in [-0.4, -0.2) is 50.2 Å². The van der Waals surface area contributed by atoms with Gasteiger partial charge in [0.1, 0.15) is 0 Å². The lowest BCUT2D eigenvalue weighted by atomic mass is 9.71. The first kappa shape index (κ1) is 22.9. The molecule has 2 heterocycles. The molecule has 1 aromatic rings. The molecule has 8 heteroatoms. The zero-order valence-electron chi connectivity index (χ0n) is 18.5. The number of likely N-dealkylation sites (tertiary alicyclic amines) is 1. The third kappa shape index (κ3) is 4.73. The van der Waals surface area contributed by atoms with E-state index in [4.69, 9.17) is 10.00 Å². The molecule has 3 fully saturated rings. The molecule has 174 valence electrons. The molecule has 0 bridgehead atoms. The van der Waals surface area contributed by atoms with Gasteiger partial charge in [-0.15, -0.1) is 0 Å². The number of amides is 1. The lowest BCUT2D eigenvalue weighted by Crippen LogP contribution is -2.45. The molecule has 1 amide bonds. The summed E-state index contributed by atoms with van der Waals surface area (Å²) in [7, 11) is 0. The lowest BCUT2D eigenvalue weighted by molar-refractivity contribution is -0.137. The second kappa shape index (κ2) is 8.93. The van der Waals surface area contributed by atoms with E-state index in [1.807, 2.05) is 16.7 Å². The molecule has 0 N–H and O–H groups in total. The Labute approximate surface area is 187 Å². The first-order chi connectivity index (χ1) is 15.3. The van der Waals surface area contributed by atoms with E-state index in [-0.39, 0.29) is 22.8 Å². The van der Waals surface area contributed by atoms with Crippen LogP contribution in [0.1, 0.15) is 50.2 Å². The topological polar surface area (TPSA) is 56.6 Å². The average molecular weight is 450 g/mol. The standard InChI is InChI=1S/C24H30F3N3O2/c1-2-22(31)30-13-19(15-32-14-17-3-4-17)23(16-30)7-9-29(10-8-23)20-6-5-18(12-28)21(11-20)24(25,26)27/h5-6,11,17,19H,2-4,7-10,13-16H2,1H3. The summed E-state index contributed by atoms with van der Waals surface area (Å²) in [6.07, 6.45) is -0.0120. The Morgan fingerprint density at radius 3 is 2.56 bits per heavy atom. The molecule has 1 aromatic carbocycles. The number of piperidine rings is 1. The van der Waals surface area contributed by atoms with Crippen LogP contribution >= 0.6 is 0 Å². The summed E-state index contributed by atoms with van der Waals surface area (Å²) < 4.78 is 46.2. The quantitative estimate of drug-likeness (QED) is 0.644. The van der Waals surface area contributed by atoms with Gasteiger partial charge in [0, 0.05) is 50.8 Å². The van der Waals surface area contributed by atoms with Gasteiger partial charge < -0.3 is 14.5 Å². The molecule has 4 rings (SSSR count). The third-order valence-electron chi connectivity index (χ3n) is 7.39. The van der Waals surface area contributed by atoms with E-state index in [0.29, 0.717) is 50.8 Å². The minimum Gasteiger partial charge on any atom is -0.381 e. The van der Waals surface area contributed by atoms with E-state index >= 15 is 0 Å². The van der Waals surface area contributed by atoms with E-state index in [9.17, 15) is 18.0 Å². The fourth-order valence-electron chi connectivity index (χ4n) is 5.18. The molecular weight excluding hydrogens is 419 g/mol. The second-order valence-corrected chi connectivity index (χ2v) is 9.49. The van der Waals surface area contributed by atoms with E-state index in [1.165, 1.54) is 18.9 Å². The zero-order valence-corrected chi connectivity index (χ0v) is 18.5. The van der Waals surface area contributed by atoms with E-state index in [0.717, 1.165) is 25.5 Å². The highest BCUT2D eigenvalue weighted by atomic mass is 19.4. The highest BCUT2D eigenvalue weighted by Gasteiger charge is 2.49. The maximum absolute atomic E-state index is 13.4. The minimum atomic E-state index is -4.56. The number of carbonyl (C=O) groups excluding carboxylic acids is 1. The molecule has 1 aliphatic carbocycles. The number of anilines is 1. The van der Waals surface area contributed by atoms with Gasteiger partial charge in [-0.25, -0.2) is 0 Å². The summed E-state index contributed by atoms with van der Waals surface area (Å²) in [5.74, 6) is 1.09. The van der Waals surface area contributed by atoms with Crippen LogP contribution in [0.25, 0.3) is 0 Å². The summed E-state index contributed by atoms with van der Waals surface area (Å²) in [4.78, 5) is 16.3. The first-order valence-corrected chi connectivity index (χ1v) is 11.5. The highest BCUT2D eigenvalue weighted by Crippen LogP contribution is 2.46. The Balaban J connectivity index is 1.47. The maximum Gasteiger partial charge on any atom is 0.417 e. The third-order valence-corrected chi connectivity index (χ3v) is 7.39. The minimum absolute atomic E-state index is 0.0513. The lowest BCUT2D eigenvalue weighted by Gasteiger charge is -2.43. The molecule has 32 heavy (non-hydrogen) atoms. The van der Waals surface area contributed by atoms with Crippen molar-refractivity contribution >= 4 is 11.6 Å². The number of nitrogens with zero attached hydrogens (tertiary/aromatic N) is 3. The predicted octanol–water partition coefficient (Wildman–Crippen LogP) is 4.46. The van der Waals surface area contributed by atoms with Gasteiger partial charge in [0.25, 0.3) is 0 Å². The summed E-state index contributed by atoms with van der Waals surface area (Å²) in [6.45, 7) is 5.94. The summed E-state index contributed by atoms with van der Waals surface area (Å²) in [5.41, 5.74) is -0.798. The van der Waals surface area contributed by atoms with Gasteiger partial charge in [0.15, 0.2) is 0 Å². The van der Waals surface area contributed by atoms with Gasteiger partial charge in [-0.3, -0.25) is 4.79 Å².